The normalized spacial score (nSPS) is 13.3. The van der Waals surface area contributed by atoms with Gasteiger partial charge in [0.15, 0.2) is 6.10 Å². The molecule has 0 saturated heterocycles. The third-order valence-electron chi connectivity index (χ3n) is 9.35. The second-order valence-corrected chi connectivity index (χ2v) is 15.7. The fourth-order valence-corrected chi connectivity index (χ4v) is 6.59. The molecule has 0 aromatic carbocycles. The third kappa shape index (κ3) is 36.6. The summed E-state index contributed by atoms with van der Waals surface area (Å²) >= 11 is 0. The number of hydrogen-bond acceptors (Lipinski definition) is 7. The van der Waals surface area contributed by atoms with Gasteiger partial charge >= 0.3 is 19.8 Å². The Morgan fingerprint density at radius 3 is 1.12 bits per heavy atom. The van der Waals surface area contributed by atoms with Crippen LogP contribution >= 0.6 is 7.82 Å². The maximum atomic E-state index is 12.5. The van der Waals surface area contributed by atoms with Crippen molar-refractivity contribution in [1.82, 2.24) is 0 Å². The van der Waals surface area contributed by atoms with E-state index >= 15 is 0 Å². The smallest absolute Gasteiger partial charge is 0.462 e. The van der Waals surface area contributed by atoms with Crippen molar-refractivity contribution in [3.05, 3.63) is 0 Å². The molecule has 0 spiro atoms. The summed E-state index contributed by atoms with van der Waals surface area (Å²) in [6, 6.07) is 0. The van der Waals surface area contributed by atoms with Gasteiger partial charge in [-0.05, 0) is 12.8 Å². The Kier molecular flexibility index (Phi) is 36.1. The molecule has 2 unspecified atom stereocenters. The van der Waals surface area contributed by atoms with Crippen LogP contribution in [0.2, 0.25) is 0 Å². The predicted octanol–water partition coefficient (Wildman–Crippen LogP) is 12.7. The number of carbonyl (C=O) groups is 2. The van der Waals surface area contributed by atoms with Crippen LogP contribution in [0.25, 0.3) is 0 Å². The van der Waals surface area contributed by atoms with Gasteiger partial charge in [-0.15, -0.1) is 0 Å². The molecule has 8 nitrogen and oxygen atoms in total. The van der Waals surface area contributed by atoms with E-state index in [9.17, 15) is 19.0 Å². The van der Waals surface area contributed by atoms with E-state index in [1.165, 1.54) is 154 Å². The molecule has 0 aliphatic carbocycles. The molecular formula is C40H79O8P. The highest BCUT2D eigenvalue weighted by atomic mass is 31.2. The van der Waals surface area contributed by atoms with Crippen LogP contribution in [-0.4, -0.2) is 43.3 Å². The average Bonchev–Trinajstić information content (AvgIpc) is 3.09. The largest absolute Gasteiger partial charge is 0.472 e. The third-order valence-corrected chi connectivity index (χ3v) is 10.3. The minimum atomic E-state index is -4.25. The zero-order valence-electron chi connectivity index (χ0n) is 32.4. The highest BCUT2D eigenvalue weighted by molar-refractivity contribution is 7.47. The van der Waals surface area contributed by atoms with Gasteiger partial charge in [-0.3, -0.25) is 18.6 Å². The number of hydrogen-bond donors (Lipinski definition) is 1. The highest BCUT2D eigenvalue weighted by Gasteiger charge is 2.24. The maximum Gasteiger partial charge on any atom is 0.472 e. The molecule has 292 valence electrons. The second kappa shape index (κ2) is 36.8. The lowest BCUT2D eigenvalue weighted by Crippen LogP contribution is -2.29. The molecule has 0 radical (unpaired) electrons. The Hall–Kier alpha value is -0.950. The summed E-state index contributed by atoms with van der Waals surface area (Å²) in [5.74, 6) is -0.791. The van der Waals surface area contributed by atoms with Gasteiger partial charge in [0.1, 0.15) is 6.61 Å². The van der Waals surface area contributed by atoms with Crippen LogP contribution < -0.4 is 0 Å². The van der Waals surface area contributed by atoms with Crippen molar-refractivity contribution in [3.63, 3.8) is 0 Å². The molecule has 9 heteroatoms. The number of carbonyl (C=O) groups excluding carboxylic acids is 2. The van der Waals surface area contributed by atoms with Crippen LogP contribution in [0.5, 0.6) is 0 Å². The molecule has 0 heterocycles. The predicted molar refractivity (Wildman–Crippen MR) is 203 cm³/mol. The number of unbranched alkanes of at least 4 members (excludes halogenated alkanes) is 28. The van der Waals surface area contributed by atoms with Gasteiger partial charge in [0.2, 0.25) is 0 Å². The minimum Gasteiger partial charge on any atom is -0.462 e. The molecule has 0 aliphatic heterocycles. The first-order valence-corrected chi connectivity index (χ1v) is 22.2. The van der Waals surface area contributed by atoms with Gasteiger partial charge in [-0.25, -0.2) is 4.57 Å². The quantitative estimate of drug-likeness (QED) is 0.0380. The fourth-order valence-electron chi connectivity index (χ4n) is 6.13. The van der Waals surface area contributed by atoms with Crippen LogP contribution in [0, 0.1) is 0 Å². The summed E-state index contributed by atoms with van der Waals surface area (Å²) < 4.78 is 31.9. The van der Waals surface area contributed by atoms with Crippen molar-refractivity contribution in [2.45, 2.75) is 225 Å². The lowest BCUT2D eigenvalue weighted by molar-refractivity contribution is -0.161. The number of esters is 2. The van der Waals surface area contributed by atoms with Gasteiger partial charge in [0.05, 0.1) is 6.61 Å². The van der Waals surface area contributed by atoms with Gasteiger partial charge in [0, 0.05) is 20.0 Å². The Morgan fingerprint density at radius 2 is 0.796 bits per heavy atom. The zero-order chi connectivity index (χ0) is 36.1. The molecule has 2 atom stereocenters. The van der Waals surface area contributed by atoms with Crippen LogP contribution in [-0.2, 0) is 32.7 Å². The van der Waals surface area contributed by atoms with Crippen molar-refractivity contribution < 1.29 is 37.6 Å². The number of ether oxygens (including phenoxy) is 2. The summed E-state index contributed by atoms with van der Waals surface area (Å²) in [5.41, 5.74) is 0. The first-order valence-electron chi connectivity index (χ1n) is 20.7. The van der Waals surface area contributed by atoms with E-state index in [1.54, 1.807) is 0 Å². The monoisotopic (exact) mass is 719 g/mol. The summed E-state index contributed by atoms with van der Waals surface area (Å²) in [7, 11) is -3.18. The van der Waals surface area contributed by atoms with E-state index in [0.717, 1.165) is 45.6 Å². The van der Waals surface area contributed by atoms with Crippen molar-refractivity contribution in [2.75, 3.05) is 20.3 Å². The SMILES string of the molecule is CCCCCCCCCCCCCCCCCCCCCCC(=O)OC(COC(=O)CCCCCCCCCCCC)COP(=O)(O)OC. The van der Waals surface area contributed by atoms with Crippen LogP contribution in [0.3, 0.4) is 0 Å². The number of phosphoric ester groups is 1. The van der Waals surface area contributed by atoms with E-state index in [0.29, 0.717) is 6.42 Å². The molecule has 0 rings (SSSR count). The van der Waals surface area contributed by atoms with Gasteiger partial charge in [-0.2, -0.15) is 0 Å². The second-order valence-electron chi connectivity index (χ2n) is 14.1. The minimum absolute atomic E-state index is 0.217. The number of rotatable bonds is 39. The van der Waals surface area contributed by atoms with Crippen LogP contribution in [0.4, 0.5) is 0 Å². The van der Waals surface area contributed by atoms with Crippen LogP contribution in [0.1, 0.15) is 219 Å². The summed E-state index contributed by atoms with van der Waals surface area (Å²) in [6.07, 6.45) is 37.3. The van der Waals surface area contributed by atoms with Gasteiger partial charge < -0.3 is 14.4 Å². The first kappa shape index (κ1) is 48.0. The van der Waals surface area contributed by atoms with Gasteiger partial charge in [-0.1, -0.05) is 194 Å². The molecule has 0 bridgehead atoms. The molecule has 0 amide bonds. The van der Waals surface area contributed by atoms with E-state index in [4.69, 9.17) is 14.0 Å². The fraction of sp³-hybridized carbons (Fsp3) is 0.950. The van der Waals surface area contributed by atoms with E-state index < -0.39 is 26.5 Å². The average molecular weight is 719 g/mol. The molecule has 0 aromatic heterocycles. The molecule has 0 aromatic rings. The lowest BCUT2D eigenvalue weighted by Gasteiger charge is -2.19. The summed E-state index contributed by atoms with van der Waals surface area (Å²) in [5, 5.41) is 0. The molecule has 0 saturated carbocycles. The standard InChI is InChI=1S/C40H79O8P/c1-4-6-8-10-12-14-16-17-18-19-20-21-22-23-24-25-27-29-31-33-35-40(42)48-38(37-47-49(43,44)45-3)36-46-39(41)34-32-30-28-26-15-13-11-9-7-5-2/h38H,4-37H2,1-3H3,(H,43,44). The topological polar surface area (TPSA) is 108 Å². The zero-order valence-corrected chi connectivity index (χ0v) is 33.3. The molecule has 0 fully saturated rings. The Bertz CT molecular complexity index is 777. The van der Waals surface area contributed by atoms with Crippen molar-refractivity contribution in [3.8, 4) is 0 Å². The molecule has 1 N–H and O–H groups in total. The van der Waals surface area contributed by atoms with Crippen molar-refractivity contribution >= 4 is 19.8 Å². The summed E-state index contributed by atoms with van der Waals surface area (Å²) in [4.78, 5) is 34.3. The van der Waals surface area contributed by atoms with E-state index in [2.05, 4.69) is 18.4 Å². The summed E-state index contributed by atoms with van der Waals surface area (Å²) in [6.45, 7) is 3.90. The maximum absolute atomic E-state index is 12.5. The Labute approximate surface area is 302 Å². The first-order chi connectivity index (χ1) is 23.8. The lowest BCUT2D eigenvalue weighted by atomic mass is 10.0. The van der Waals surface area contributed by atoms with Gasteiger partial charge in [0.25, 0.3) is 0 Å². The molecular weight excluding hydrogens is 639 g/mol. The van der Waals surface area contributed by atoms with E-state index in [1.807, 2.05) is 0 Å². The van der Waals surface area contributed by atoms with Crippen molar-refractivity contribution in [1.29, 1.82) is 0 Å². The van der Waals surface area contributed by atoms with Crippen LogP contribution in [0.15, 0.2) is 0 Å². The number of phosphoric acid groups is 1. The molecule has 0 aliphatic rings. The van der Waals surface area contributed by atoms with Crippen molar-refractivity contribution in [2.24, 2.45) is 0 Å². The molecule has 49 heavy (non-hydrogen) atoms. The Morgan fingerprint density at radius 1 is 0.490 bits per heavy atom. The Balaban J connectivity index is 3.90. The van der Waals surface area contributed by atoms with E-state index in [-0.39, 0.29) is 19.0 Å². The highest BCUT2D eigenvalue weighted by Crippen LogP contribution is 2.42.